The zero-order valence-electron chi connectivity index (χ0n) is 8.87. The van der Waals surface area contributed by atoms with Crippen LogP contribution in [0.4, 0.5) is 17.2 Å². The highest BCUT2D eigenvalue weighted by Gasteiger charge is 1.99. The quantitative estimate of drug-likeness (QED) is 0.827. The Hall–Kier alpha value is -1.55. The minimum atomic E-state index is 0.755. The summed E-state index contributed by atoms with van der Waals surface area (Å²) in [6, 6.07) is 9.55. The molecule has 0 amide bonds. The largest absolute Gasteiger partial charge is 0.399 e. The Labute approximate surface area is 103 Å². The summed E-state index contributed by atoms with van der Waals surface area (Å²) >= 11 is 3.42. The molecule has 1 aromatic carbocycles. The Balaban J connectivity index is 2.20. The molecular weight excluding hydrogens is 266 g/mol. The van der Waals surface area contributed by atoms with Gasteiger partial charge in [-0.1, -0.05) is 0 Å². The lowest BCUT2D eigenvalue weighted by molar-refractivity contribution is 1.25. The summed E-state index contributed by atoms with van der Waals surface area (Å²) in [4.78, 5) is 4.27. The Morgan fingerprint density at radius 1 is 1.25 bits per heavy atom. The molecule has 0 aliphatic carbocycles. The molecule has 1 aromatic heterocycles. The van der Waals surface area contributed by atoms with Gasteiger partial charge in [0.1, 0.15) is 5.82 Å². The van der Waals surface area contributed by atoms with Gasteiger partial charge in [0.15, 0.2) is 0 Å². The number of benzene rings is 1. The molecule has 82 valence electrons. The van der Waals surface area contributed by atoms with Gasteiger partial charge in [-0.25, -0.2) is 4.98 Å². The summed E-state index contributed by atoms with van der Waals surface area (Å²) in [5.74, 6) is 0.825. The Morgan fingerprint density at radius 3 is 2.56 bits per heavy atom. The fourth-order valence-corrected chi connectivity index (χ4v) is 1.54. The molecule has 16 heavy (non-hydrogen) atoms. The lowest BCUT2D eigenvalue weighted by Crippen LogP contribution is -1.94. The highest BCUT2D eigenvalue weighted by atomic mass is 79.9. The molecule has 0 atom stereocenters. The van der Waals surface area contributed by atoms with E-state index in [1.165, 1.54) is 0 Å². The first-order valence-electron chi connectivity index (χ1n) is 4.90. The van der Waals surface area contributed by atoms with E-state index in [0.717, 1.165) is 27.2 Å². The van der Waals surface area contributed by atoms with E-state index < -0.39 is 0 Å². The van der Waals surface area contributed by atoms with Gasteiger partial charge in [0.2, 0.25) is 0 Å². The van der Waals surface area contributed by atoms with Crippen LogP contribution < -0.4 is 11.1 Å². The topological polar surface area (TPSA) is 50.9 Å². The number of aryl methyl sites for hydroxylation is 1. The zero-order valence-corrected chi connectivity index (χ0v) is 10.5. The molecule has 0 bridgehead atoms. The third-order valence-electron chi connectivity index (χ3n) is 2.23. The first kappa shape index (κ1) is 11.0. The van der Waals surface area contributed by atoms with Gasteiger partial charge >= 0.3 is 0 Å². The lowest BCUT2D eigenvalue weighted by Gasteiger charge is -2.07. The monoisotopic (exact) mass is 277 g/mol. The summed E-state index contributed by atoms with van der Waals surface area (Å²) < 4.78 is 1.01. The van der Waals surface area contributed by atoms with Crippen molar-refractivity contribution < 1.29 is 0 Å². The van der Waals surface area contributed by atoms with Gasteiger partial charge in [-0.3, -0.25) is 0 Å². The van der Waals surface area contributed by atoms with Crippen LogP contribution in [0.25, 0.3) is 0 Å². The van der Waals surface area contributed by atoms with Crippen LogP contribution >= 0.6 is 15.9 Å². The van der Waals surface area contributed by atoms with Crippen LogP contribution in [-0.2, 0) is 0 Å². The molecule has 0 aliphatic rings. The average Bonchev–Trinajstić information content (AvgIpc) is 2.27. The molecule has 3 nitrogen and oxygen atoms in total. The molecule has 4 heteroatoms. The van der Waals surface area contributed by atoms with E-state index in [1.807, 2.05) is 37.3 Å². The number of hydrogen-bond donors (Lipinski definition) is 2. The molecule has 0 saturated heterocycles. The molecule has 0 fully saturated rings. The smallest absolute Gasteiger partial charge is 0.130 e. The Morgan fingerprint density at radius 2 is 1.94 bits per heavy atom. The van der Waals surface area contributed by atoms with E-state index in [-0.39, 0.29) is 0 Å². The third-order valence-corrected chi connectivity index (χ3v) is 3.06. The minimum Gasteiger partial charge on any atom is -0.399 e. The maximum absolute atomic E-state index is 5.61. The normalized spacial score (nSPS) is 10.1. The van der Waals surface area contributed by atoms with Crippen molar-refractivity contribution in [1.29, 1.82) is 0 Å². The van der Waals surface area contributed by atoms with E-state index in [9.17, 15) is 0 Å². The van der Waals surface area contributed by atoms with Crippen molar-refractivity contribution in [3.8, 4) is 0 Å². The number of nitrogens with one attached hydrogen (secondary N) is 1. The molecule has 2 aromatic rings. The summed E-state index contributed by atoms with van der Waals surface area (Å²) in [6.45, 7) is 2.03. The van der Waals surface area contributed by atoms with E-state index in [2.05, 4.69) is 26.2 Å². The fraction of sp³-hybridized carbons (Fsp3) is 0.0833. The van der Waals surface area contributed by atoms with Gasteiger partial charge in [0, 0.05) is 22.0 Å². The van der Waals surface area contributed by atoms with E-state index >= 15 is 0 Å². The van der Waals surface area contributed by atoms with Crippen LogP contribution in [0.3, 0.4) is 0 Å². The van der Waals surface area contributed by atoms with Crippen molar-refractivity contribution >= 4 is 33.1 Å². The highest BCUT2D eigenvalue weighted by Crippen LogP contribution is 2.20. The molecule has 1 heterocycles. The van der Waals surface area contributed by atoms with Gasteiger partial charge < -0.3 is 11.1 Å². The van der Waals surface area contributed by atoms with Crippen LogP contribution in [0.5, 0.6) is 0 Å². The number of rotatable bonds is 2. The van der Waals surface area contributed by atoms with Gasteiger partial charge in [0.25, 0.3) is 0 Å². The summed E-state index contributed by atoms with van der Waals surface area (Å²) in [5, 5.41) is 3.21. The first-order valence-corrected chi connectivity index (χ1v) is 5.69. The Kier molecular flexibility index (Phi) is 3.10. The van der Waals surface area contributed by atoms with Crippen molar-refractivity contribution in [3.63, 3.8) is 0 Å². The second-order valence-electron chi connectivity index (χ2n) is 3.57. The molecular formula is C12H12BrN3. The highest BCUT2D eigenvalue weighted by molar-refractivity contribution is 9.10. The second-order valence-corrected chi connectivity index (χ2v) is 4.42. The van der Waals surface area contributed by atoms with Crippen molar-refractivity contribution in [1.82, 2.24) is 4.98 Å². The average molecular weight is 278 g/mol. The van der Waals surface area contributed by atoms with Gasteiger partial charge in [-0.2, -0.15) is 0 Å². The van der Waals surface area contributed by atoms with E-state index in [1.54, 1.807) is 6.20 Å². The predicted molar refractivity (Wildman–Crippen MR) is 70.8 cm³/mol. The minimum absolute atomic E-state index is 0.755. The number of aromatic nitrogens is 1. The number of pyridine rings is 1. The van der Waals surface area contributed by atoms with Gasteiger partial charge in [-0.15, -0.1) is 0 Å². The molecule has 0 saturated carbocycles. The molecule has 0 unspecified atom stereocenters. The van der Waals surface area contributed by atoms with Crippen molar-refractivity contribution in [2.75, 3.05) is 11.1 Å². The third kappa shape index (κ3) is 2.52. The summed E-state index contributed by atoms with van der Waals surface area (Å²) in [6.07, 6.45) is 1.79. The van der Waals surface area contributed by atoms with Gasteiger partial charge in [0.05, 0.1) is 0 Å². The number of nitrogens with zero attached hydrogens (tertiary/aromatic N) is 1. The van der Waals surface area contributed by atoms with Crippen LogP contribution in [0.15, 0.2) is 41.0 Å². The van der Waals surface area contributed by atoms with Crippen molar-refractivity contribution in [2.24, 2.45) is 0 Å². The standard InChI is InChI=1S/C12H12BrN3/c1-8-6-12(15-7-11(8)13)16-10-4-2-9(14)3-5-10/h2-7H,14H2,1H3,(H,15,16). The number of nitrogen functional groups attached to an aromatic ring is 1. The molecule has 0 radical (unpaired) electrons. The Bertz CT molecular complexity index is 494. The van der Waals surface area contributed by atoms with Crippen LogP contribution in [-0.4, -0.2) is 4.98 Å². The van der Waals surface area contributed by atoms with Crippen molar-refractivity contribution in [2.45, 2.75) is 6.92 Å². The van der Waals surface area contributed by atoms with E-state index in [0.29, 0.717) is 0 Å². The number of anilines is 3. The summed E-state index contributed by atoms with van der Waals surface area (Å²) in [7, 11) is 0. The van der Waals surface area contributed by atoms with Crippen LogP contribution in [0.1, 0.15) is 5.56 Å². The van der Waals surface area contributed by atoms with Crippen molar-refractivity contribution in [3.05, 3.63) is 46.6 Å². The van der Waals surface area contributed by atoms with Crippen LogP contribution in [0.2, 0.25) is 0 Å². The summed E-state index contributed by atoms with van der Waals surface area (Å²) in [5.41, 5.74) is 8.49. The number of nitrogens with two attached hydrogens (primary N) is 1. The zero-order chi connectivity index (χ0) is 11.5. The number of halogens is 1. The molecule has 2 rings (SSSR count). The molecule has 0 spiro atoms. The first-order chi connectivity index (χ1) is 7.65. The predicted octanol–water partition coefficient (Wildman–Crippen LogP) is 3.48. The molecule has 0 aliphatic heterocycles. The van der Waals surface area contributed by atoms with Gasteiger partial charge in [-0.05, 0) is 58.7 Å². The van der Waals surface area contributed by atoms with Crippen LogP contribution in [0, 0.1) is 6.92 Å². The molecule has 3 N–H and O–H groups in total. The lowest BCUT2D eigenvalue weighted by atomic mass is 10.2. The maximum atomic E-state index is 5.61. The van der Waals surface area contributed by atoms with E-state index in [4.69, 9.17) is 5.73 Å². The SMILES string of the molecule is Cc1cc(Nc2ccc(N)cc2)ncc1Br. The fourth-order valence-electron chi connectivity index (χ4n) is 1.32. The maximum Gasteiger partial charge on any atom is 0.130 e. The second kappa shape index (κ2) is 4.53. The number of hydrogen-bond acceptors (Lipinski definition) is 3.